The zero-order valence-corrected chi connectivity index (χ0v) is 18.4. The van der Waals surface area contributed by atoms with Crippen LogP contribution in [0.5, 0.6) is 0 Å². The zero-order chi connectivity index (χ0) is 21.1. The summed E-state index contributed by atoms with van der Waals surface area (Å²) >= 11 is 1.63. The second-order valence-corrected chi connectivity index (χ2v) is 8.84. The number of aryl methyl sites for hydroxylation is 1. The summed E-state index contributed by atoms with van der Waals surface area (Å²) in [6, 6.07) is 15.2. The van der Waals surface area contributed by atoms with Crippen LogP contribution >= 0.6 is 11.5 Å². The van der Waals surface area contributed by atoms with E-state index in [9.17, 15) is 4.79 Å². The summed E-state index contributed by atoms with van der Waals surface area (Å²) in [5, 5.41) is 5.81. The Labute approximate surface area is 182 Å². The molecule has 5 heteroatoms. The number of carbonyl (C=O) groups is 1. The van der Waals surface area contributed by atoms with E-state index >= 15 is 0 Å². The van der Waals surface area contributed by atoms with E-state index in [0.717, 1.165) is 24.2 Å². The summed E-state index contributed by atoms with van der Waals surface area (Å²) in [5.41, 5.74) is 15.5. The van der Waals surface area contributed by atoms with Crippen molar-refractivity contribution < 1.29 is 4.79 Å². The summed E-state index contributed by atoms with van der Waals surface area (Å²) in [5.74, 6) is -0.0724. The van der Waals surface area contributed by atoms with E-state index in [-0.39, 0.29) is 11.8 Å². The Hall–Kier alpha value is -2.79. The fourth-order valence-corrected chi connectivity index (χ4v) is 4.58. The molecule has 1 amide bonds. The van der Waals surface area contributed by atoms with Crippen LogP contribution in [-0.4, -0.2) is 10.3 Å². The lowest BCUT2D eigenvalue weighted by Gasteiger charge is -2.25. The summed E-state index contributed by atoms with van der Waals surface area (Å²) in [4.78, 5) is 11.3. The highest BCUT2D eigenvalue weighted by Crippen LogP contribution is 2.37. The average molecular weight is 420 g/mol. The number of nitrogens with two attached hydrogens (primary N) is 1. The van der Waals surface area contributed by atoms with Gasteiger partial charge in [0, 0.05) is 28.9 Å². The molecule has 0 aliphatic heterocycles. The fourth-order valence-electron chi connectivity index (χ4n) is 4.07. The summed E-state index contributed by atoms with van der Waals surface area (Å²) in [6.45, 7) is 4.37. The molecule has 3 aromatic rings. The molecule has 0 spiro atoms. The van der Waals surface area contributed by atoms with Crippen LogP contribution in [0.25, 0.3) is 0 Å². The lowest BCUT2D eigenvalue weighted by Crippen LogP contribution is -2.15. The third kappa shape index (κ3) is 4.36. The van der Waals surface area contributed by atoms with Gasteiger partial charge in [0.1, 0.15) is 0 Å². The molecule has 2 aromatic carbocycles. The molecule has 1 fully saturated rings. The van der Waals surface area contributed by atoms with Crippen molar-refractivity contribution in [3.05, 3.63) is 87.1 Å². The minimum atomic E-state index is -0.251. The van der Waals surface area contributed by atoms with Crippen LogP contribution in [-0.2, 0) is 4.79 Å². The maximum Gasteiger partial charge on any atom is 0.217 e. The van der Waals surface area contributed by atoms with Gasteiger partial charge in [0.25, 0.3) is 0 Å². The molecule has 1 atom stereocenters. The second-order valence-electron chi connectivity index (χ2n) is 8.17. The van der Waals surface area contributed by atoms with Crippen molar-refractivity contribution in [1.82, 2.24) is 4.37 Å². The van der Waals surface area contributed by atoms with Gasteiger partial charge < -0.3 is 15.4 Å². The largest absolute Gasteiger partial charge is 0.370 e. The number of primary amides is 1. The number of hydrogen-bond acceptors (Lipinski definition) is 3. The number of rotatable bonds is 8. The van der Waals surface area contributed by atoms with Gasteiger partial charge in [0.2, 0.25) is 5.91 Å². The SMILES string of the molecule is Cc1cccc(C(c2cccc(NC(CCC(N)=O)=C3CCC3)c2)c2cs[nH]2)c1C. The van der Waals surface area contributed by atoms with Gasteiger partial charge in [-0.2, -0.15) is 0 Å². The number of allylic oxidation sites excluding steroid dienone is 2. The molecule has 0 radical (unpaired) electrons. The molecule has 4 rings (SSSR count). The van der Waals surface area contributed by atoms with Gasteiger partial charge in [-0.3, -0.25) is 4.79 Å². The monoisotopic (exact) mass is 419 g/mol. The molecule has 0 bridgehead atoms. The van der Waals surface area contributed by atoms with E-state index in [2.05, 4.69) is 71.4 Å². The molecule has 30 heavy (non-hydrogen) atoms. The van der Waals surface area contributed by atoms with Gasteiger partial charge in [-0.1, -0.05) is 47.4 Å². The van der Waals surface area contributed by atoms with Crippen LogP contribution in [0.4, 0.5) is 5.69 Å². The number of nitrogens with one attached hydrogen (secondary N) is 2. The minimum Gasteiger partial charge on any atom is -0.370 e. The molecule has 4 nitrogen and oxygen atoms in total. The fraction of sp³-hybridized carbons (Fsp3) is 0.320. The first-order chi connectivity index (χ1) is 14.5. The summed E-state index contributed by atoms with van der Waals surface area (Å²) < 4.78 is 3.42. The van der Waals surface area contributed by atoms with Crippen molar-refractivity contribution >= 4 is 23.1 Å². The number of hydrogen-bond donors (Lipinski definition) is 3. The van der Waals surface area contributed by atoms with Crippen LogP contribution < -0.4 is 11.1 Å². The third-order valence-electron chi connectivity index (χ3n) is 6.15. The predicted molar refractivity (Wildman–Crippen MR) is 125 cm³/mol. The van der Waals surface area contributed by atoms with Gasteiger partial charge in [-0.05, 0) is 73.9 Å². The van der Waals surface area contributed by atoms with Crippen LogP contribution in [0.3, 0.4) is 0 Å². The smallest absolute Gasteiger partial charge is 0.217 e. The topological polar surface area (TPSA) is 70.9 Å². The Balaban J connectivity index is 1.66. The molecule has 4 N–H and O–H groups in total. The highest BCUT2D eigenvalue weighted by Gasteiger charge is 2.22. The third-order valence-corrected chi connectivity index (χ3v) is 6.88. The first kappa shape index (κ1) is 20.5. The highest BCUT2D eigenvalue weighted by atomic mass is 32.1. The van der Waals surface area contributed by atoms with E-state index in [4.69, 9.17) is 5.73 Å². The van der Waals surface area contributed by atoms with Crippen LogP contribution in [0.1, 0.15) is 66.0 Å². The maximum atomic E-state index is 11.3. The molecule has 1 aliphatic carbocycles. The van der Waals surface area contributed by atoms with Gasteiger partial charge in [-0.25, -0.2) is 0 Å². The Morgan fingerprint density at radius 2 is 1.93 bits per heavy atom. The van der Waals surface area contributed by atoms with Crippen LogP contribution in [0, 0.1) is 13.8 Å². The van der Waals surface area contributed by atoms with Crippen LogP contribution in [0.2, 0.25) is 0 Å². The van der Waals surface area contributed by atoms with Crippen LogP contribution in [0.15, 0.2) is 59.1 Å². The van der Waals surface area contributed by atoms with Crippen molar-refractivity contribution in [2.24, 2.45) is 5.73 Å². The number of benzene rings is 2. The Bertz CT molecular complexity index is 1060. The zero-order valence-electron chi connectivity index (χ0n) is 17.6. The molecule has 1 saturated carbocycles. The Morgan fingerprint density at radius 3 is 2.57 bits per heavy atom. The van der Waals surface area contributed by atoms with Crippen molar-refractivity contribution in [2.75, 3.05) is 5.32 Å². The number of H-pyrrole nitrogens is 1. The maximum absolute atomic E-state index is 11.3. The number of aromatic amines is 1. The van der Waals surface area contributed by atoms with Crippen molar-refractivity contribution in [3.63, 3.8) is 0 Å². The molecular weight excluding hydrogens is 390 g/mol. The Kier molecular flexibility index (Phi) is 6.09. The molecule has 1 heterocycles. The lowest BCUT2D eigenvalue weighted by atomic mass is 9.85. The number of carbonyl (C=O) groups excluding carboxylic acids is 1. The standard InChI is InChI=1S/C25H29N3OS/c1-16-6-3-11-21(17(16)2)25(23-15-30-28-23)19-9-5-10-20(14-19)27-22(12-13-24(26)29)18-7-4-8-18/h3,5-6,9-11,14-15,25,27-28H,4,7-8,12-13H2,1-2H3,(H2,26,29). The van der Waals surface area contributed by atoms with E-state index in [1.807, 2.05) is 0 Å². The minimum absolute atomic E-state index is 0.179. The summed E-state index contributed by atoms with van der Waals surface area (Å²) in [6.07, 6.45) is 4.51. The quantitative estimate of drug-likeness (QED) is 0.420. The molecular formula is C25H29N3OS. The first-order valence-corrected chi connectivity index (χ1v) is 11.4. The first-order valence-electron chi connectivity index (χ1n) is 10.6. The van der Waals surface area contributed by atoms with Crippen molar-refractivity contribution in [1.29, 1.82) is 0 Å². The van der Waals surface area contributed by atoms with Gasteiger partial charge >= 0.3 is 0 Å². The summed E-state index contributed by atoms with van der Waals surface area (Å²) in [7, 11) is 0. The second kappa shape index (κ2) is 8.92. The number of aromatic nitrogens is 1. The number of anilines is 1. The normalized spacial score (nSPS) is 14.3. The highest BCUT2D eigenvalue weighted by molar-refractivity contribution is 7.04. The van der Waals surface area contributed by atoms with Crippen molar-refractivity contribution in [2.45, 2.75) is 51.9 Å². The molecule has 1 aliphatic rings. The lowest BCUT2D eigenvalue weighted by molar-refractivity contribution is -0.117. The van der Waals surface area contributed by atoms with Crippen molar-refractivity contribution in [3.8, 4) is 0 Å². The molecule has 0 saturated heterocycles. The van der Waals surface area contributed by atoms with E-state index in [0.29, 0.717) is 12.8 Å². The van der Waals surface area contributed by atoms with E-state index < -0.39 is 0 Å². The average Bonchev–Trinajstić information content (AvgIpc) is 2.64. The number of amides is 1. The van der Waals surface area contributed by atoms with E-state index in [1.165, 1.54) is 39.9 Å². The van der Waals surface area contributed by atoms with E-state index in [1.54, 1.807) is 11.5 Å². The molecule has 1 unspecified atom stereocenters. The molecule has 1 aromatic heterocycles. The van der Waals surface area contributed by atoms with Gasteiger partial charge in [-0.15, -0.1) is 0 Å². The Morgan fingerprint density at radius 1 is 1.17 bits per heavy atom. The van der Waals surface area contributed by atoms with Gasteiger partial charge in [0.15, 0.2) is 0 Å². The predicted octanol–water partition coefficient (Wildman–Crippen LogP) is 5.99. The van der Waals surface area contributed by atoms with Gasteiger partial charge in [0.05, 0.1) is 5.92 Å². The molecule has 156 valence electrons.